The summed E-state index contributed by atoms with van der Waals surface area (Å²) in [5.41, 5.74) is 1.05. The third-order valence-electron chi connectivity index (χ3n) is 4.33. The molecule has 136 valence electrons. The summed E-state index contributed by atoms with van der Waals surface area (Å²) in [4.78, 5) is 24.8. The Morgan fingerprint density at radius 1 is 1.08 bits per heavy atom. The van der Waals surface area contributed by atoms with Gasteiger partial charge in [-0.25, -0.2) is 4.39 Å². The summed E-state index contributed by atoms with van der Waals surface area (Å²) < 4.78 is 34.1. The van der Waals surface area contributed by atoms with Crippen LogP contribution < -0.4 is 14.2 Å². The molecule has 26 heavy (non-hydrogen) atoms. The molecular weight excluding hydrogens is 343 g/mol. The van der Waals surface area contributed by atoms with Crippen LogP contribution in [0.2, 0.25) is 0 Å². The SMILES string of the molecule is COC(=O)[C@@H]1C(=O)Oc2cc(OC)cc(OC)c2[C@H]1c1ccc(F)cc1. The second-order valence-electron chi connectivity index (χ2n) is 5.69. The van der Waals surface area contributed by atoms with Crippen LogP contribution in [0.15, 0.2) is 36.4 Å². The Balaban J connectivity index is 2.26. The predicted molar refractivity (Wildman–Crippen MR) is 88.9 cm³/mol. The standard InChI is InChI=1S/C19H17FO6/c1-23-12-8-13(24-2)16-14(9-12)26-19(22)17(18(21)25-3)15(16)10-4-6-11(20)7-5-10/h4-9,15,17H,1-3H3/t15-,17-/m1/s1. The van der Waals surface area contributed by atoms with Crippen molar-refractivity contribution in [1.29, 1.82) is 0 Å². The number of halogens is 1. The summed E-state index contributed by atoms with van der Waals surface area (Å²) >= 11 is 0. The van der Waals surface area contributed by atoms with Crippen LogP contribution >= 0.6 is 0 Å². The van der Waals surface area contributed by atoms with Gasteiger partial charge in [0.1, 0.15) is 23.1 Å². The molecule has 0 amide bonds. The lowest BCUT2D eigenvalue weighted by atomic mass is 9.78. The van der Waals surface area contributed by atoms with E-state index < -0.39 is 29.6 Å². The highest BCUT2D eigenvalue weighted by molar-refractivity contribution is 5.99. The van der Waals surface area contributed by atoms with Gasteiger partial charge in [-0.05, 0) is 17.7 Å². The third kappa shape index (κ3) is 2.96. The van der Waals surface area contributed by atoms with E-state index in [0.29, 0.717) is 22.6 Å². The lowest BCUT2D eigenvalue weighted by Gasteiger charge is -2.32. The van der Waals surface area contributed by atoms with Crippen LogP contribution in [0.1, 0.15) is 17.0 Å². The van der Waals surface area contributed by atoms with Crippen LogP contribution in [0.5, 0.6) is 17.2 Å². The molecule has 0 saturated heterocycles. The molecule has 1 heterocycles. The Morgan fingerprint density at radius 2 is 1.77 bits per heavy atom. The van der Waals surface area contributed by atoms with Gasteiger partial charge < -0.3 is 18.9 Å². The van der Waals surface area contributed by atoms with E-state index in [1.54, 1.807) is 12.1 Å². The smallest absolute Gasteiger partial charge is 0.326 e. The highest BCUT2D eigenvalue weighted by atomic mass is 19.1. The molecular formula is C19H17FO6. The van der Waals surface area contributed by atoms with Gasteiger partial charge in [0.15, 0.2) is 5.92 Å². The highest BCUT2D eigenvalue weighted by Gasteiger charge is 2.46. The molecule has 2 aromatic carbocycles. The Labute approximate surface area is 149 Å². The molecule has 0 N–H and O–H groups in total. The summed E-state index contributed by atoms with van der Waals surface area (Å²) in [5.74, 6) is -2.87. The van der Waals surface area contributed by atoms with E-state index >= 15 is 0 Å². The zero-order valence-electron chi connectivity index (χ0n) is 14.4. The topological polar surface area (TPSA) is 71.1 Å². The van der Waals surface area contributed by atoms with E-state index in [4.69, 9.17) is 18.9 Å². The van der Waals surface area contributed by atoms with Crippen LogP contribution in [0, 0.1) is 11.7 Å². The van der Waals surface area contributed by atoms with Crippen molar-refractivity contribution < 1.29 is 32.9 Å². The maximum Gasteiger partial charge on any atom is 0.326 e. The first-order valence-corrected chi connectivity index (χ1v) is 7.81. The fourth-order valence-electron chi connectivity index (χ4n) is 3.12. The summed E-state index contributed by atoms with van der Waals surface area (Å²) in [7, 11) is 4.12. The summed E-state index contributed by atoms with van der Waals surface area (Å²) in [6.07, 6.45) is 0. The molecule has 0 spiro atoms. The monoisotopic (exact) mass is 360 g/mol. The predicted octanol–water partition coefficient (Wildman–Crippen LogP) is 2.68. The maximum atomic E-state index is 13.4. The molecule has 7 heteroatoms. The number of esters is 2. The first-order valence-electron chi connectivity index (χ1n) is 7.81. The van der Waals surface area contributed by atoms with Crippen LogP contribution in [-0.2, 0) is 14.3 Å². The van der Waals surface area contributed by atoms with Crippen molar-refractivity contribution in [2.24, 2.45) is 5.92 Å². The number of benzene rings is 2. The highest BCUT2D eigenvalue weighted by Crippen LogP contribution is 2.48. The second-order valence-corrected chi connectivity index (χ2v) is 5.69. The van der Waals surface area contributed by atoms with Crippen molar-refractivity contribution in [2.45, 2.75) is 5.92 Å². The van der Waals surface area contributed by atoms with Crippen LogP contribution in [0.4, 0.5) is 4.39 Å². The Morgan fingerprint density at radius 3 is 2.35 bits per heavy atom. The van der Waals surface area contributed by atoms with Gasteiger partial charge in [0.25, 0.3) is 0 Å². The zero-order valence-corrected chi connectivity index (χ0v) is 14.4. The van der Waals surface area contributed by atoms with Crippen molar-refractivity contribution in [3.63, 3.8) is 0 Å². The maximum absolute atomic E-state index is 13.4. The lowest BCUT2D eigenvalue weighted by molar-refractivity contribution is -0.157. The van der Waals surface area contributed by atoms with Crippen LogP contribution in [0.3, 0.4) is 0 Å². The average Bonchev–Trinajstić information content (AvgIpc) is 2.66. The Hall–Kier alpha value is -3.09. The number of hydrogen-bond donors (Lipinski definition) is 0. The Bertz CT molecular complexity index is 846. The molecule has 0 aromatic heterocycles. The van der Waals surface area contributed by atoms with E-state index in [9.17, 15) is 14.0 Å². The van der Waals surface area contributed by atoms with Gasteiger partial charge >= 0.3 is 11.9 Å². The van der Waals surface area contributed by atoms with Crippen molar-refractivity contribution in [3.05, 3.63) is 53.3 Å². The fraction of sp³-hybridized carbons (Fsp3) is 0.263. The average molecular weight is 360 g/mol. The molecule has 0 saturated carbocycles. The number of carbonyl (C=O) groups excluding carboxylic acids is 2. The largest absolute Gasteiger partial charge is 0.496 e. The van der Waals surface area contributed by atoms with Gasteiger partial charge in [0, 0.05) is 23.6 Å². The minimum atomic E-state index is -1.24. The third-order valence-corrected chi connectivity index (χ3v) is 4.33. The van der Waals surface area contributed by atoms with Crippen LogP contribution in [0.25, 0.3) is 0 Å². The van der Waals surface area contributed by atoms with Crippen molar-refractivity contribution in [1.82, 2.24) is 0 Å². The molecule has 0 bridgehead atoms. The summed E-state index contributed by atoms with van der Waals surface area (Å²) in [6, 6.07) is 8.73. The van der Waals surface area contributed by atoms with Gasteiger partial charge in [0.05, 0.1) is 21.3 Å². The van der Waals surface area contributed by atoms with Gasteiger partial charge in [-0.15, -0.1) is 0 Å². The molecule has 0 aliphatic carbocycles. The lowest BCUT2D eigenvalue weighted by Crippen LogP contribution is -2.38. The molecule has 0 fully saturated rings. The number of hydrogen-bond acceptors (Lipinski definition) is 6. The second kappa shape index (κ2) is 7.03. The molecule has 1 aliphatic heterocycles. The fourth-order valence-corrected chi connectivity index (χ4v) is 3.12. The minimum Gasteiger partial charge on any atom is -0.496 e. The molecule has 0 unspecified atom stereocenters. The van der Waals surface area contributed by atoms with E-state index in [1.165, 1.54) is 45.6 Å². The number of carbonyl (C=O) groups is 2. The Kier molecular flexibility index (Phi) is 4.79. The number of fused-ring (bicyclic) bond motifs is 1. The normalized spacial score (nSPS) is 18.5. The molecule has 3 rings (SSSR count). The quantitative estimate of drug-likeness (QED) is 0.474. The van der Waals surface area contributed by atoms with E-state index in [2.05, 4.69) is 0 Å². The summed E-state index contributed by atoms with van der Waals surface area (Å²) in [6.45, 7) is 0. The number of rotatable bonds is 4. The molecule has 2 atom stereocenters. The number of ether oxygens (including phenoxy) is 4. The number of methoxy groups -OCH3 is 3. The van der Waals surface area contributed by atoms with Crippen molar-refractivity contribution >= 4 is 11.9 Å². The van der Waals surface area contributed by atoms with E-state index in [1.807, 2.05) is 0 Å². The van der Waals surface area contributed by atoms with Gasteiger partial charge in [-0.3, -0.25) is 9.59 Å². The summed E-state index contributed by atoms with van der Waals surface area (Å²) in [5, 5.41) is 0. The van der Waals surface area contributed by atoms with E-state index in [-0.39, 0.29) is 5.75 Å². The first kappa shape index (κ1) is 17.7. The first-order chi connectivity index (χ1) is 12.5. The van der Waals surface area contributed by atoms with Gasteiger partial charge in [0.2, 0.25) is 0 Å². The van der Waals surface area contributed by atoms with Crippen molar-refractivity contribution in [2.75, 3.05) is 21.3 Å². The minimum absolute atomic E-state index is 0.223. The van der Waals surface area contributed by atoms with E-state index in [0.717, 1.165) is 0 Å². The zero-order chi connectivity index (χ0) is 18.8. The van der Waals surface area contributed by atoms with Gasteiger partial charge in [-0.1, -0.05) is 12.1 Å². The molecule has 2 aromatic rings. The molecule has 0 radical (unpaired) electrons. The van der Waals surface area contributed by atoms with Crippen molar-refractivity contribution in [3.8, 4) is 17.2 Å². The van der Waals surface area contributed by atoms with Gasteiger partial charge in [-0.2, -0.15) is 0 Å². The molecule has 1 aliphatic rings. The molecule has 6 nitrogen and oxygen atoms in total. The van der Waals surface area contributed by atoms with Crippen LogP contribution in [-0.4, -0.2) is 33.3 Å².